The van der Waals surface area contributed by atoms with Crippen LogP contribution in [0.15, 0.2) is 47.6 Å². The van der Waals surface area contributed by atoms with Crippen molar-refractivity contribution in [3.8, 4) is 5.75 Å². The first-order valence-corrected chi connectivity index (χ1v) is 6.01. The Balaban J connectivity index is 2.29. The second-order valence-electron chi connectivity index (χ2n) is 4.24. The van der Waals surface area contributed by atoms with Crippen LogP contribution in [-0.2, 0) is 0 Å². The van der Waals surface area contributed by atoms with Gasteiger partial charge in [0.1, 0.15) is 17.3 Å². The molecule has 0 saturated carbocycles. The monoisotopic (exact) mass is 289 g/mol. The van der Waals surface area contributed by atoms with Crippen molar-refractivity contribution in [1.82, 2.24) is 0 Å². The number of hydrogen-bond donors (Lipinski definition) is 2. The van der Waals surface area contributed by atoms with E-state index in [-0.39, 0.29) is 22.7 Å². The van der Waals surface area contributed by atoms with E-state index in [0.717, 1.165) is 12.1 Å². The molecule has 0 aliphatic heterocycles. The molecule has 0 atom stereocenters. The molecule has 21 heavy (non-hydrogen) atoms. The third kappa shape index (κ3) is 3.33. The third-order valence-corrected chi connectivity index (χ3v) is 2.79. The molecule has 0 aromatic heterocycles. The normalized spacial score (nSPS) is 11.2. The largest absolute Gasteiger partial charge is 0.507 e. The lowest BCUT2D eigenvalue weighted by atomic mass is 10.1. The summed E-state index contributed by atoms with van der Waals surface area (Å²) < 4.78 is 13.2. The summed E-state index contributed by atoms with van der Waals surface area (Å²) in [5.41, 5.74) is 3.14. The molecule has 2 N–H and O–H groups in total. The van der Waals surface area contributed by atoms with Crippen molar-refractivity contribution in [3.63, 3.8) is 0 Å². The van der Waals surface area contributed by atoms with Gasteiger partial charge in [0, 0.05) is 11.6 Å². The lowest BCUT2D eigenvalue weighted by molar-refractivity contribution is -0.384. The zero-order valence-corrected chi connectivity index (χ0v) is 11.1. The summed E-state index contributed by atoms with van der Waals surface area (Å²) in [6.07, 6.45) is 0. The molecule has 0 heterocycles. The molecular weight excluding hydrogens is 277 g/mol. The van der Waals surface area contributed by atoms with Crippen molar-refractivity contribution in [2.45, 2.75) is 6.92 Å². The maximum Gasteiger partial charge on any atom is 0.294 e. The molecule has 0 fully saturated rings. The first-order chi connectivity index (χ1) is 9.99. The van der Waals surface area contributed by atoms with Gasteiger partial charge in [0.25, 0.3) is 5.69 Å². The van der Waals surface area contributed by atoms with E-state index >= 15 is 0 Å². The zero-order valence-electron chi connectivity index (χ0n) is 11.1. The molecular formula is C14H12FN3O3. The van der Waals surface area contributed by atoms with Crippen LogP contribution < -0.4 is 5.43 Å². The van der Waals surface area contributed by atoms with Gasteiger partial charge in [-0.1, -0.05) is 12.1 Å². The van der Waals surface area contributed by atoms with E-state index in [1.807, 2.05) is 0 Å². The van der Waals surface area contributed by atoms with Crippen molar-refractivity contribution in [1.29, 1.82) is 0 Å². The molecule has 0 spiro atoms. The minimum absolute atomic E-state index is 0.123. The van der Waals surface area contributed by atoms with Crippen LogP contribution in [0, 0.1) is 15.9 Å². The highest BCUT2D eigenvalue weighted by atomic mass is 19.1. The number of nitro benzene ring substituents is 1. The maximum atomic E-state index is 13.2. The number of nitrogens with zero attached hydrogens (tertiary/aromatic N) is 2. The van der Waals surface area contributed by atoms with Crippen LogP contribution in [0.1, 0.15) is 12.5 Å². The second kappa shape index (κ2) is 6.00. The van der Waals surface area contributed by atoms with Crippen LogP contribution in [0.2, 0.25) is 0 Å². The lowest BCUT2D eigenvalue weighted by Gasteiger charge is -2.06. The minimum atomic E-state index is -0.535. The van der Waals surface area contributed by atoms with Gasteiger partial charge in [0.2, 0.25) is 0 Å². The van der Waals surface area contributed by atoms with Gasteiger partial charge in [0.15, 0.2) is 0 Å². The molecule has 0 bridgehead atoms. The number of para-hydroxylation sites is 2. The Hall–Kier alpha value is -2.96. The summed E-state index contributed by atoms with van der Waals surface area (Å²) in [5.74, 6) is -0.634. The van der Waals surface area contributed by atoms with E-state index in [1.54, 1.807) is 13.0 Å². The lowest BCUT2D eigenvalue weighted by Crippen LogP contribution is -2.02. The van der Waals surface area contributed by atoms with Gasteiger partial charge >= 0.3 is 0 Å². The number of hydrazone groups is 1. The Kier molecular flexibility index (Phi) is 4.13. The Labute approximate surface area is 119 Å². The molecule has 0 unspecified atom stereocenters. The molecule has 0 amide bonds. The summed E-state index contributed by atoms with van der Waals surface area (Å²) in [5, 5.41) is 24.5. The van der Waals surface area contributed by atoms with Gasteiger partial charge < -0.3 is 5.11 Å². The number of halogens is 1. The predicted molar refractivity (Wildman–Crippen MR) is 77.0 cm³/mol. The van der Waals surface area contributed by atoms with Gasteiger partial charge in [-0.15, -0.1) is 0 Å². The molecule has 0 aliphatic carbocycles. The number of nitrogens with one attached hydrogen (secondary N) is 1. The van der Waals surface area contributed by atoms with Gasteiger partial charge in [-0.05, 0) is 31.2 Å². The number of phenolic OH excluding ortho intramolecular Hbond substituents is 1. The summed E-state index contributed by atoms with van der Waals surface area (Å²) in [4.78, 5) is 10.3. The van der Waals surface area contributed by atoms with Crippen LogP contribution in [0.4, 0.5) is 15.8 Å². The van der Waals surface area contributed by atoms with Gasteiger partial charge in [-0.2, -0.15) is 5.10 Å². The van der Waals surface area contributed by atoms with Gasteiger partial charge in [-0.3, -0.25) is 15.5 Å². The molecule has 2 aromatic rings. The minimum Gasteiger partial charge on any atom is -0.507 e. The van der Waals surface area contributed by atoms with Crippen molar-refractivity contribution in [2.75, 3.05) is 5.43 Å². The Morgan fingerprint density at radius 1 is 1.33 bits per heavy atom. The van der Waals surface area contributed by atoms with E-state index in [2.05, 4.69) is 10.5 Å². The SMILES string of the molecule is C/C(=N\Nc1ccccc1[N+](=O)[O-])c1cc(F)ccc1O. The van der Waals surface area contributed by atoms with Gasteiger partial charge in [-0.25, -0.2) is 4.39 Å². The maximum absolute atomic E-state index is 13.2. The average Bonchev–Trinajstić information content (AvgIpc) is 2.47. The summed E-state index contributed by atoms with van der Waals surface area (Å²) in [7, 11) is 0. The van der Waals surface area contributed by atoms with Crippen molar-refractivity contribution >= 4 is 17.1 Å². The Morgan fingerprint density at radius 2 is 2.05 bits per heavy atom. The molecule has 2 rings (SSSR count). The fraction of sp³-hybridized carbons (Fsp3) is 0.0714. The van der Waals surface area contributed by atoms with Crippen molar-refractivity contribution < 1.29 is 14.4 Å². The average molecular weight is 289 g/mol. The number of hydrogen-bond acceptors (Lipinski definition) is 5. The molecule has 7 heteroatoms. The van der Waals surface area contributed by atoms with Crippen molar-refractivity contribution in [3.05, 3.63) is 64.0 Å². The van der Waals surface area contributed by atoms with Crippen LogP contribution in [0.5, 0.6) is 5.75 Å². The Bertz CT molecular complexity index is 716. The first-order valence-electron chi connectivity index (χ1n) is 6.01. The number of benzene rings is 2. The molecule has 108 valence electrons. The number of anilines is 1. The first kappa shape index (κ1) is 14.4. The van der Waals surface area contributed by atoms with E-state index in [1.165, 1.54) is 24.3 Å². The van der Waals surface area contributed by atoms with Crippen LogP contribution in [0.25, 0.3) is 0 Å². The fourth-order valence-electron chi connectivity index (χ4n) is 1.73. The van der Waals surface area contributed by atoms with Crippen molar-refractivity contribution in [2.24, 2.45) is 5.10 Å². The highest BCUT2D eigenvalue weighted by molar-refractivity contribution is 6.01. The summed E-state index contributed by atoms with van der Waals surface area (Å²) in [6.45, 7) is 1.55. The summed E-state index contributed by atoms with van der Waals surface area (Å²) >= 11 is 0. The number of phenols is 1. The Morgan fingerprint density at radius 3 is 2.76 bits per heavy atom. The quantitative estimate of drug-likeness (QED) is 0.513. The van der Waals surface area contributed by atoms with Gasteiger partial charge in [0.05, 0.1) is 10.6 Å². The predicted octanol–water partition coefficient (Wildman–Crippen LogP) is 3.28. The molecule has 6 nitrogen and oxygen atoms in total. The topological polar surface area (TPSA) is 87.8 Å². The molecule has 0 radical (unpaired) electrons. The highest BCUT2D eigenvalue weighted by Crippen LogP contribution is 2.24. The molecule has 2 aromatic carbocycles. The van der Waals surface area contributed by atoms with E-state index in [0.29, 0.717) is 5.71 Å². The highest BCUT2D eigenvalue weighted by Gasteiger charge is 2.12. The van der Waals surface area contributed by atoms with Crippen LogP contribution in [0.3, 0.4) is 0 Å². The van der Waals surface area contributed by atoms with Crippen LogP contribution in [-0.4, -0.2) is 15.7 Å². The number of aromatic hydroxyl groups is 1. The van der Waals surface area contributed by atoms with E-state index < -0.39 is 10.7 Å². The second-order valence-corrected chi connectivity index (χ2v) is 4.24. The third-order valence-electron chi connectivity index (χ3n) is 2.79. The fourth-order valence-corrected chi connectivity index (χ4v) is 1.73. The molecule has 0 saturated heterocycles. The van der Waals surface area contributed by atoms with E-state index in [9.17, 15) is 19.6 Å². The number of rotatable bonds is 4. The van der Waals surface area contributed by atoms with Crippen LogP contribution >= 0.6 is 0 Å². The van der Waals surface area contributed by atoms with E-state index in [4.69, 9.17) is 0 Å². The zero-order chi connectivity index (χ0) is 15.4. The standard InChI is InChI=1S/C14H12FN3O3/c1-9(11-8-10(15)6-7-14(11)19)16-17-12-4-2-3-5-13(12)18(20)21/h2-8,17,19H,1H3/b16-9+. The summed E-state index contributed by atoms with van der Waals surface area (Å²) in [6, 6.07) is 9.48. The molecule has 0 aliphatic rings. The smallest absolute Gasteiger partial charge is 0.294 e. The number of nitro groups is 1.